The monoisotopic (exact) mass is 315 g/mol. The molecule has 1 heterocycles. The first-order valence-electron chi connectivity index (χ1n) is 7.63. The number of anilines is 1. The lowest BCUT2D eigenvalue weighted by atomic mass is 10.1. The van der Waals surface area contributed by atoms with Crippen LogP contribution in [0.5, 0.6) is 0 Å². The SMILES string of the molecule is Cc1ccc(NC(=O)NCCCN2CCNC(=O)C2)cc1C#N. The van der Waals surface area contributed by atoms with Crippen molar-refractivity contribution in [1.82, 2.24) is 15.5 Å². The largest absolute Gasteiger partial charge is 0.354 e. The summed E-state index contributed by atoms with van der Waals surface area (Å²) in [6, 6.07) is 7.02. The van der Waals surface area contributed by atoms with Crippen molar-refractivity contribution in [3.63, 3.8) is 0 Å². The smallest absolute Gasteiger partial charge is 0.319 e. The van der Waals surface area contributed by atoms with Crippen LogP contribution in [-0.4, -0.2) is 49.6 Å². The van der Waals surface area contributed by atoms with Crippen molar-refractivity contribution in [2.24, 2.45) is 0 Å². The van der Waals surface area contributed by atoms with E-state index >= 15 is 0 Å². The first-order chi connectivity index (χ1) is 11.1. The van der Waals surface area contributed by atoms with Gasteiger partial charge in [0.1, 0.15) is 0 Å². The maximum absolute atomic E-state index is 11.8. The number of benzene rings is 1. The Morgan fingerprint density at radius 2 is 2.30 bits per heavy atom. The molecule has 7 heteroatoms. The highest BCUT2D eigenvalue weighted by Gasteiger charge is 2.15. The predicted octanol–water partition coefficient (Wildman–Crippen LogP) is 0.810. The number of nitrogens with one attached hydrogen (secondary N) is 3. The molecule has 1 fully saturated rings. The van der Waals surface area contributed by atoms with E-state index in [-0.39, 0.29) is 11.9 Å². The number of carbonyl (C=O) groups excluding carboxylic acids is 2. The van der Waals surface area contributed by atoms with Gasteiger partial charge in [-0.15, -0.1) is 0 Å². The zero-order valence-corrected chi connectivity index (χ0v) is 13.2. The number of carbonyl (C=O) groups is 2. The number of hydrogen-bond acceptors (Lipinski definition) is 4. The topological polar surface area (TPSA) is 97.3 Å². The van der Waals surface area contributed by atoms with Crippen LogP contribution in [0.1, 0.15) is 17.5 Å². The Morgan fingerprint density at radius 3 is 3.04 bits per heavy atom. The second-order valence-corrected chi connectivity index (χ2v) is 5.50. The Kier molecular flexibility index (Phi) is 5.94. The van der Waals surface area contributed by atoms with E-state index in [0.717, 1.165) is 25.1 Å². The molecule has 1 aromatic carbocycles. The number of amides is 3. The van der Waals surface area contributed by atoms with E-state index in [1.54, 1.807) is 18.2 Å². The molecule has 0 radical (unpaired) electrons. The normalized spacial score (nSPS) is 14.7. The first kappa shape index (κ1) is 16.8. The van der Waals surface area contributed by atoms with Crippen LogP contribution in [0.2, 0.25) is 0 Å². The summed E-state index contributed by atoms with van der Waals surface area (Å²) in [5, 5.41) is 17.2. The average Bonchev–Trinajstić information content (AvgIpc) is 2.53. The van der Waals surface area contributed by atoms with Crippen molar-refractivity contribution < 1.29 is 9.59 Å². The number of rotatable bonds is 5. The molecule has 23 heavy (non-hydrogen) atoms. The third-order valence-corrected chi connectivity index (χ3v) is 3.67. The Hall–Kier alpha value is -2.59. The van der Waals surface area contributed by atoms with Crippen molar-refractivity contribution in [3.05, 3.63) is 29.3 Å². The van der Waals surface area contributed by atoms with Gasteiger partial charge in [0.05, 0.1) is 18.2 Å². The lowest BCUT2D eigenvalue weighted by molar-refractivity contribution is -0.124. The fourth-order valence-corrected chi connectivity index (χ4v) is 2.38. The van der Waals surface area contributed by atoms with E-state index in [1.807, 2.05) is 6.92 Å². The van der Waals surface area contributed by atoms with E-state index in [9.17, 15) is 9.59 Å². The molecule has 1 aliphatic heterocycles. The molecule has 1 aromatic rings. The minimum absolute atomic E-state index is 0.0506. The van der Waals surface area contributed by atoms with Gasteiger partial charge >= 0.3 is 6.03 Å². The van der Waals surface area contributed by atoms with E-state index < -0.39 is 0 Å². The summed E-state index contributed by atoms with van der Waals surface area (Å²) in [6.45, 7) is 5.10. The van der Waals surface area contributed by atoms with E-state index in [4.69, 9.17) is 5.26 Å². The Labute approximate surface area is 135 Å². The highest BCUT2D eigenvalue weighted by atomic mass is 16.2. The second-order valence-electron chi connectivity index (χ2n) is 5.50. The molecule has 0 aromatic heterocycles. The summed E-state index contributed by atoms with van der Waals surface area (Å²) in [5.74, 6) is 0.0506. The fraction of sp³-hybridized carbons (Fsp3) is 0.438. The summed E-state index contributed by atoms with van der Waals surface area (Å²) in [5.41, 5.74) is 2.02. The average molecular weight is 315 g/mol. The lowest BCUT2D eigenvalue weighted by Gasteiger charge is -2.26. The van der Waals surface area contributed by atoms with Crippen LogP contribution in [0.15, 0.2) is 18.2 Å². The van der Waals surface area contributed by atoms with Crippen LogP contribution in [0.25, 0.3) is 0 Å². The quantitative estimate of drug-likeness (QED) is 0.700. The highest BCUT2D eigenvalue weighted by Crippen LogP contribution is 2.14. The van der Waals surface area contributed by atoms with Gasteiger partial charge in [0.15, 0.2) is 0 Å². The molecule has 3 N–H and O–H groups in total. The van der Waals surface area contributed by atoms with Gasteiger partial charge in [-0.3, -0.25) is 9.69 Å². The molecule has 7 nitrogen and oxygen atoms in total. The van der Waals surface area contributed by atoms with Crippen molar-refractivity contribution >= 4 is 17.6 Å². The summed E-state index contributed by atoms with van der Waals surface area (Å²) in [6.07, 6.45) is 0.776. The number of urea groups is 1. The second kappa shape index (κ2) is 8.15. The summed E-state index contributed by atoms with van der Waals surface area (Å²) in [4.78, 5) is 25.1. The third kappa shape index (κ3) is 5.27. The van der Waals surface area contributed by atoms with Gasteiger partial charge in [0.25, 0.3) is 0 Å². The van der Waals surface area contributed by atoms with E-state index in [1.165, 1.54) is 0 Å². The summed E-state index contributed by atoms with van der Waals surface area (Å²) in [7, 11) is 0. The molecule has 0 spiro atoms. The lowest BCUT2D eigenvalue weighted by Crippen LogP contribution is -2.48. The van der Waals surface area contributed by atoms with Gasteiger partial charge in [-0.1, -0.05) is 6.07 Å². The van der Waals surface area contributed by atoms with E-state index in [2.05, 4.69) is 26.9 Å². The number of aryl methyl sites for hydroxylation is 1. The maximum Gasteiger partial charge on any atom is 0.319 e. The molecule has 0 saturated carbocycles. The molecule has 2 rings (SSSR count). The number of nitriles is 1. The van der Waals surface area contributed by atoms with Crippen LogP contribution < -0.4 is 16.0 Å². The van der Waals surface area contributed by atoms with Crippen LogP contribution >= 0.6 is 0 Å². The van der Waals surface area contributed by atoms with Gasteiger partial charge < -0.3 is 16.0 Å². The minimum atomic E-state index is -0.297. The molecule has 0 aliphatic carbocycles. The molecule has 0 atom stereocenters. The zero-order chi connectivity index (χ0) is 16.7. The first-order valence-corrected chi connectivity index (χ1v) is 7.63. The molecule has 122 valence electrons. The molecule has 1 aliphatic rings. The molecule has 1 saturated heterocycles. The van der Waals surface area contributed by atoms with Crippen molar-refractivity contribution in [3.8, 4) is 6.07 Å². The zero-order valence-electron chi connectivity index (χ0n) is 13.2. The predicted molar refractivity (Wildman–Crippen MR) is 87.0 cm³/mol. The Morgan fingerprint density at radius 1 is 1.48 bits per heavy atom. The van der Waals surface area contributed by atoms with Crippen molar-refractivity contribution in [2.75, 3.05) is 38.0 Å². The van der Waals surface area contributed by atoms with Gasteiger partial charge in [0, 0.05) is 31.9 Å². The molecule has 3 amide bonds. The van der Waals surface area contributed by atoms with Gasteiger partial charge in [-0.2, -0.15) is 5.26 Å². The molecular formula is C16H21N5O2. The number of nitrogens with zero attached hydrogens (tertiary/aromatic N) is 2. The number of piperazine rings is 1. The van der Waals surface area contributed by atoms with E-state index in [0.29, 0.717) is 30.9 Å². The van der Waals surface area contributed by atoms with Crippen LogP contribution in [0.3, 0.4) is 0 Å². The number of hydrogen-bond donors (Lipinski definition) is 3. The fourth-order valence-electron chi connectivity index (χ4n) is 2.38. The molecular weight excluding hydrogens is 294 g/mol. The minimum Gasteiger partial charge on any atom is -0.354 e. The van der Waals surface area contributed by atoms with Crippen LogP contribution in [-0.2, 0) is 4.79 Å². The maximum atomic E-state index is 11.8. The third-order valence-electron chi connectivity index (χ3n) is 3.67. The summed E-state index contributed by atoms with van der Waals surface area (Å²) < 4.78 is 0. The van der Waals surface area contributed by atoms with Crippen LogP contribution in [0, 0.1) is 18.3 Å². The van der Waals surface area contributed by atoms with Crippen molar-refractivity contribution in [2.45, 2.75) is 13.3 Å². The standard InChI is InChI=1S/C16H21N5O2/c1-12-3-4-14(9-13(12)10-17)20-16(23)19-5-2-7-21-8-6-18-15(22)11-21/h3-4,9H,2,5-8,11H2,1H3,(H,18,22)(H2,19,20,23). The Balaban J connectivity index is 1.69. The Bertz CT molecular complexity index is 623. The highest BCUT2D eigenvalue weighted by molar-refractivity contribution is 5.89. The van der Waals surface area contributed by atoms with Gasteiger partial charge in [-0.25, -0.2) is 4.79 Å². The van der Waals surface area contributed by atoms with Gasteiger partial charge in [-0.05, 0) is 31.0 Å². The van der Waals surface area contributed by atoms with Gasteiger partial charge in [0.2, 0.25) is 5.91 Å². The molecule has 0 unspecified atom stereocenters. The van der Waals surface area contributed by atoms with Crippen LogP contribution in [0.4, 0.5) is 10.5 Å². The van der Waals surface area contributed by atoms with Crippen molar-refractivity contribution in [1.29, 1.82) is 5.26 Å². The molecule has 0 bridgehead atoms. The summed E-state index contributed by atoms with van der Waals surface area (Å²) >= 11 is 0.